The van der Waals surface area contributed by atoms with Gasteiger partial charge in [0.05, 0.1) is 12.2 Å². The summed E-state index contributed by atoms with van der Waals surface area (Å²) in [5.41, 5.74) is 3.38. The summed E-state index contributed by atoms with van der Waals surface area (Å²) in [4.78, 5) is 25.0. The molecule has 0 atom stereocenters. The van der Waals surface area contributed by atoms with E-state index < -0.39 is 6.09 Å². The van der Waals surface area contributed by atoms with Gasteiger partial charge in [0.25, 0.3) is 5.56 Å². The fourth-order valence-electron chi connectivity index (χ4n) is 3.22. The van der Waals surface area contributed by atoms with Gasteiger partial charge >= 0.3 is 6.09 Å². The van der Waals surface area contributed by atoms with Crippen LogP contribution in [0, 0.1) is 0 Å². The summed E-state index contributed by atoms with van der Waals surface area (Å²) < 4.78 is 1.36. The first-order valence-electron chi connectivity index (χ1n) is 9.57. The Morgan fingerprint density at radius 3 is 2.55 bits per heavy atom. The molecule has 0 saturated heterocycles. The zero-order valence-electron chi connectivity index (χ0n) is 16.6. The Hall–Kier alpha value is -4.34. The molecule has 0 radical (unpaired) electrons. The Labute approximate surface area is 176 Å². The summed E-state index contributed by atoms with van der Waals surface area (Å²) in [6, 6.07) is 17.7. The maximum Gasteiger partial charge on any atom is 0.411 e. The predicted molar refractivity (Wildman–Crippen MR) is 114 cm³/mol. The highest BCUT2D eigenvalue weighted by Crippen LogP contribution is 2.21. The third-order valence-electron chi connectivity index (χ3n) is 4.77. The lowest BCUT2D eigenvalue weighted by molar-refractivity contribution is 0.202. The van der Waals surface area contributed by atoms with E-state index in [0.29, 0.717) is 23.8 Å². The molecule has 2 heterocycles. The molecule has 0 spiro atoms. The van der Waals surface area contributed by atoms with Crippen molar-refractivity contribution < 1.29 is 9.90 Å². The Morgan fingerprint density at radius 1 is 1.10 bits per heavy atom. The number of aromatic amines is 1. The molecule has 156 valence electrons. The van der Waals surface area contributed by atoms with Crippen LogP contribution in [0.2, 0.25) is 0 Å². The predicted octanol–water partition coefficient (Wildman–Crippen LogP) is 2.64. The van der Waals surface area contributed by atoms with Crippen LogP contribution in [0.15, 0.2) is 65.5 Å². The number of nitrogens with one attached hydrogen (secondary N) is 1. The van der Waals surface area contributed by atoms with Crippen LogP contribution < -0.4 is 10.5 Å². The summed E-state index contributed by atoms with van der Waals surface area (Å²) in [6.45, 7) is 2.31. The molecule has 0 fully saturated rings. The molecule has 10 nitrogen and oxygen atoms in total. The smallest absolute Gasteiger partial charge is 0.411 e. The van der Waals surface area contributed by atoms with Crippen molar-refractivity contribution in [1.82, 2.24) is 30.4 Å². The van der Waals surface area contributed by atoms with Crippen molar-refractivity contribution >= 4 is 11.8 Å². The number of H-pyrrole nitrogens is 1. The normalized spacial score (nSPS) is 10.7. The lowest BCUT2D eigenvalue weighted by Crippen LogP contribution is -2.29. The summed E-state index contributed by atoms with van der Waals surface area (Å²) in [5.74, 6) is 0.562. The van der Waals surface area contributed by atoms with Crippen LogP contribution in [0.1, 0.15) is 12.5 Å². The van der Waals surface area contributed by atoms with Crippen LogP contribution in [-0.4, -0.2) is 48.1 Å². The van der Waals surface area contributed by atoms with Gasteiger partial charge in [0.1, 0.15) is 0 Å². The SMILES string of the molecule is CCN(C(=O)O)c1cccc(Cn2nc(-c3ccc(-c4nnn[nH]4)cc3)ccc2=O)c1. The van der Waals surface area contributed by atoms with E-state index in [1.165, 1.54) is 15.6 Å². The monoisotopic (exact) mass is 417 g/mol. The first-order chi connectivity index (χ1) is 15.0. The fraction of sp³-hybridized carbons (Fsp3) is 0.143. The fourth-order valence-corrected chi connectivity index (χ4v) is 3.22. The van der Waals surface area contributed by atoms with Gasteiger partial charge < -0.3 is 5.11 Å². The number of benzene rings is 2. The third-order valence-corrected chi connectivity index (χ3v) is 4.77. The van der Waals surface area contributed by atoms with Crippen LogP contribution in [-0.2, 0) is 6.54 Å². The van der Waals surface area contributed by atoms with Gasteiger partial charge in [-0.3, -0.25) is 9.69 Å². The molecule has 1 amide bonds. The third kappa shape index (κ3) is 4.32. The molecule has 31 heavy (non-hydrogen) atoms. The molecule has 0 bridgehead atoms. The molecule has 0 aliphatic heterocycles. The van der Waals surface area contributed by atoms with E-state index in [4.69, 9.17) is 0 Å². The van der Waals surface area contributed by atoms with E-state index in [9.17, 15) is 14.7 Å². The number of hydrogen-bond donors (Lipinski definition) is 2. The van der Waals surface area contributed by atoms with Crippen molar-refractivity contribution in [3.8, 4) is 22.6 Å². The van der Waals surface area contributed by atoms with Crippen LogP contribution >= 0.6 is 0 Å². The van der Waals surface area contributed by atoms with Crippen LogP contribution in [0.4, 0.5) is 10.5 Å². The van der Waals surface area contributed by atoms with Crippen molar-refractivity contribution in [1.29, 1.82) is 0 Å². The minimum Gasteiger partial charge on any atom is -0.465 e. The Kier molecular flexibility index (Phi) is 5.52. The molecule has 4 aromatic rings. The highest BCUT2D eigenvalue weighted by Gasteiger charge is 2.13. The number of hydrogen-bond acceptors (Lipinski definition) is 6. The Morgan fingerprint density at radius 2 is 1.87 bits per heavy atom. The lowest BCUT2D eigenvalue weighted by atomic mass is 10.1. The van der Waals surface area contributed by atoms with Gasteiger partial charge in [-0.1, -0.05) is 36.4 Å². The van der Waals surface area contributed by atoms with Gasteiger partial charge in [0.2, 0.25) is 0 Å². The molecule has 0 aliphatic carbocycles. The minimum atomic E-state index is -1.03. The molecule has 0 aliphatic rings. The number of carboxylic acid groups (broad SMARTS) is 1. The molecule has 2 N–H and O–H groups in total. The molecule has 0 unspecified atom stereocenters. The van der Waals surface area contributed by atoms with Gasteiger partial charge in [-0.2, -0.15) is 5.10 Å². The van der Waals surface area contributed by atoms with Crippen LogP contribution in [0.3, 0.4) is 0 Å². The van der Waals surface area contributed by atoms with Crippen molar-refractivity contribution in [2.45, 2.75) is 13.5 Å². The second-order valence-electron chi connectivity index (χ2n) is 6.74. The lowest BCUT2D eigenvalue weighted by Gasteiger charge is -2.18. The summed E-state index contributed by atoms with van der Waals surface area (Å²) in [7, 11) is 0. The summed E-state index contributed by atoms with van der Waals surface area (Å²) >= 11 is 0. The quantitative estimate of drug-likeness (QED) is 0.493. The first kappa shape index (κ1) is 20.0. The van der Waals surface area contributed by atoms with Gasteiger partial charge in [0, 0.05) is 29.4 Å². The molecule has 4 rings (SSSR count). The van der Waals surface area contributed by atoms with E-state index >= 15 is 0 Å². The number of tetrazole rings is 1. The maximum absolute atomic E-state index is 12.4. The number of amides is 1. The average molecular weight is 417 g/mol. The van der Waals surface area contributed by atoms with Crippen molar-refractivity contribution in [3.05, 3.63) is 76.6 Å². The zero-order chi connectivity index (χ0) is 21.8. The van der Waals surface area contributed by atoms with Gasteiger partial charge in [-0.05, 0) is 41.1 Å². The van der Waals surface area contributed by atoms with E-state index in [0.717, 1.165) is 16.7 Å². The highest BCUT2D eigenvalue weighted by atomic mass is 16.4. The molecular weight excluding hydrogens is 398 g/mol. The van der Waals surface area contributed by atoms with Crippen molar-refractivity contribution in [2.24, 2.45) is 0 Å². The first-order valence-corrected chi connectivity index (χ1v) is 9.57. The maximum atomic E-state index is 12.4. The van der Waals surface area contributed by atoms with Gasteiger partial charge in [-0.25, -0.2) is 14.6 Å². The highest BCUT2D eigenvalue weighted by molar-refractivity contribution is 5.86. The van der Waals surface area contributed by atoms with E-state index in [1.54, 1.807) is 31.2 Å². The van der Waals surface area contributed by atoms with Gasteiger partial charge in [-0.15, -0.1) is 5.10 Å². The molecular formula is C21H19N7O3. The van der Waals surface area contributed by atoms with Crippen molar-refractivity contribution in [3.63, 3.8) is 0 Å². The Bertz CT molecular complexity index is 1250. The minimum absolute atomic E-state index is 0.222. The number of anilines is 1. The largest absolute Gasteiger partial charge is 0.465 e. The van der Waals surface area contributed by atoms with E-state index in [2.05, 4.69) is 25.7 Å². The molecule has 2 aromatic carbocycles. The average Bonchev–Trinajstić information content (AvgIpc) is 3.31. The standard InChI is InChI=1S/C21H19N7O3/c1-2-27(21(30)31)17-5-3-4-14(12-17)13-28-19(29)11-10-18(24-28)15-6-8-16(9-7-15)20-22-25-26-23-20/h3-12H,2,13H2,1H3,(H,30,31)(H,22,23,25,26). The summed E-state index contributed by atoms with van der Waals surface area (Å²) in [5, 5.41) is 27.5. The van der Waals surface area contributed by atoms with Crippen LogP contribution in [0.25, 0.3) is 22.6 Å². The van der Waals surface area contributed by atoms with E-state index in [1.807, 2.05) is 30.3 Å². The number of nitrogens with zero attached hydrogens (tertiary/aromatic N) is 6. The number of carbonyl (C=O) groups is 1. The molecule has 0 saturated carbocycles. The zero-order valence-corrected chi connectivity index (χ0v) is 16.6. The van der Waals surface area contributed by atoms with Crippen LogP contribution in [0.5, 0.6) is 0 Å². The second-order valence-corrected chi connectivity index (χ2v) is 6.74. The van der Waals surface area contributed by atoms with E-state index in [-0.39, 0.29) is 12.1 Å². The number of rotatable bonds is 6. The second kappa shape index (κ2) is 8.57. The van der Waals surface area contributed by atoms with Gasteiger partial charge in [0.15, 0.2) is 5.82 Å². The number of aromatic nitrogens is 6. The topological polar surface area (TPSA) is 130 Å². The summed E-state index contributed by atoms with van der Waals surface area (Å²) in [6.07, 6.45) is -1.03. The Balaban J connectivity index is 1.60. The molecule has 10 heteroatoms. The molecule has 2 aromatic heterocycles. The van der Waals surface area contributed by atoms with Crippen molar-refractivity contribution in [2.75, 3.05) is 11.4 Å².